The van der Waals surface area contributed by atoms with Gasteiger partial charge in [-0.2, -0.15) is 34.5 Å². The minimum Gasteiger partial charge on any atom is -0.496 e. The number of sulfone groups is 2. The average Bonchev–Trinajstić information content (AvgIpc) is 1.56. The van der Waals surface area contributed by atoms with Crippen LogP contribution in [0.25, 0.3) is 114 Å². The van der Waals surface area contributed by atoms with Gasteiger partial charge in [0.1, 0.15) is 62.8 Å². The number of carbonyl (C=O) groups excluding carboxylic acids is 2. The zero-order chi connectivity index (χ0) is 106. The molecular weight excluding hydrogens is 2030 g/mol. The number of methoxy groups -OCH3 is 6. The Morgan fingerprint density at radius 3 is 0.820 bits per heavy atom. The third kappa shape index (κ3) is 25.2. The number of aromatic nitrogens is 10. The molecule has 0 radical (unpaired) electrons. The molecule has 0 bridgehead atoms. The van der Waals surface area contributed by atoms with Gasteiger partial charge in [0.2, 0.25) is 48.8 Å². The van der Waals surface area contributed by atoms with Crippen LogP contribution in [0, 0.1) is 45.7 Å². The van der Waals surface area contributed by atoms with Crippen molar-refractivity contribution in [3.8, 4) is 149 Å². The van der Waals surface area contributed by atoms with Gasteiger partial charge in [0.05, 0.1) is 111 Å². The molecular formula is C109H83F2N13O21S5. The van der Waals surface area contributed by atoms with E-state index >= 15 is 0 Å². The number of aryl methyl sites for hydroxylation is 2. The largest absolute Gasteiger partial charge is 0.496 e. The Morgan fingerprint density at radius 2 is 0.533 bits per heavy atom. The maximum absolute atomic E-state index is 14.0. The van der Waals surface area contributed by atoms with Gasteiger partial charge in [-0.05, 0) is 208 Å². The number of nitro groups is 2. The van der Waals surface area contributed by atoms with Crippen LogP contribution < -0.4 is 34.2 Å². The summed E-state index contributed by atoms with van der Waals surface area (Å²) in [4.78, 5) is 65.1. The van der Waals surface area contributed by atoms with E-state index in [4.69, 9.17) is 66.4 Å². The summed E-state index contributed by atoms with van der Waals surface area (Å²) in [5.74, 6) is 4.60. The molecule has 0 spiro atoms. The number of anilines is 1. The molecule has 0 saturated carbocycles. The second-order valence-corrected chi connectivity index (χ2v) is 38.4. The first-order valence-corrected chi connectivity index (χ1v) is 50.0. The number of hydrogen-bond acceptors (Lipinski definition) is 35. The minimum absolute atomic E-state index is 0.0287. The van der Waals surface area contributed by atoms with Crippen molar-refractivity contribution in [1.82, 2.24) is 50.7 Å². The van der Waals surface area contributed by atoms with E-state index in [1.807, 2.05) is 78.9 Å². The van der Waals surface area contributed by atoms with Gasteiger partial charge in [0.25, 0.3) is 40.8 Å². The first-order chi connectivity index (χ1) is 72.7. The molecule has 0 fully saturated rings. The zero-order valence-electron chi connectivity index (χ0n) is 80.2. The van der Waals surface area contributed by atoms with Crippen molar-refractivity contribution < 1.29 is 96.1 Å². The maximum Gasteiger partial charge on any atom is 0.373 e. The van der Waals surface area contributed by atoms with Crippen LogP contribution in [0.2, 0.25) is 0 Å². The molecule has 0 aliphatic heterocycles. The van der Waals surface area contributed by atoms with Gasteiger partial charge in [0.15, 0.2) is 0 Å². The molecule has 41 heteroatoms. The maximum atomic E-state index is 14.0. The highest BCUT2D eigenvalue weighted by atomic mass is 32.2. The number of nitro benzene ring substituents is 2. The van der Waals surface area contributed by atoms with Gasteiger partial charge < -0.3 is 56.8 Å². The quantitative estimate of drug-likeness (QED) is 0.0270. The van der Waals surface area contributed by atoms with Crippen molar-refractivity contribution in [2.24, 2.45) is 0 Å². The van der Waals surface area contributed by atoms with Crippen molar-refractivity contribution in [3.63, 3.8) is 0 Å². The number of non-ortho nitro benzene ring substituents is 2. The molecule has 0 unspecified atom stereocenters. The van der Waals surface area contributed by atoms with Gasteiger partial charge in [-0.15, -0.1) is 0 Å². The Morgan fingerprint density at radius 1 is 0.300 bits per heavy atom. The molecule has 34 nitrogen and oxygen atoms in total. The fourth-order valence-electron chi connectivity index (χ4n) is 14.5. The fourth-order valence-corrected chi connectivity index (χ4v) is 20.2. The second kappa shape index (κ2) is 49.5. The predicted octanol–water partition coefficient (Wildman–Crippen LogP) is 24.9. The van der Waals surface area contributed by atoms with E-state index in [0.29, 0.717) is 91.5 Å². The normalized spacial score (nSPS) is 10.8. The number of benzene rings is 15. The third-order valence-electron chi connectivity index (χ3n) is 21.8. The van der Waals surface area contributed by atoms with E-state index in [2.05, 4.69) is 113 Å². The van der Waals surface area contributed by atoms with Crippen LogP contribution in [0.5, 0.6) is 34.5 Å². The number of nitrogens with zero attached hydrogens (tertiary/aromatic N) is 12. The Hall–Kier alpha value is -18.4. The van der Waals surface area contributed by atoms with Gasteiger partial charge >= 0.3 is 6.15 Å². The Balaban J connectivity index is 0.000000139. The average molecular weight is 2110 g/mol. The lowest BCUT2D eigenvalue weighted by atomic mass is 10.1. The molecule has 20 rings (SSSR count). The van der Waals surface area contributed by atoms with Crippen LogP contribution in [0.1, 0.15) is 11.1 Å². The Bertz CT molecular complexity index is 8200. The summed E-state index contributed by atoms with van der Waals surface area (Å²) < 4.78 is 141. The van der Waals surface area contributed by atoms with Crippen LogP contribution in [0.3, 0.4) is 0 Å². The summed E-state index contributed by atoms with van der Waals surface area (Å²) in [6.07, 6.45) is 0.250. The summed E-state index contributed by atoms with van der Waals surface area (Å²) >= 11 is 4.70. The van der Waals surface area contributed by atoms with E-state index in [-0.39, 0.29) is 94.9 Å². The standard InChI is InChI=1S/C22H17N3O7S.C22H17N3O5S.C22H19N3O5S.2C21H15FN2OS.CO2/c1-30-17-7-5-8-18(31-2)20(17)21-23-22(32-24-21)16-6-3-4-9-19(16)33(28,29)15-12-10-14(11-13-15)25(26)27;1-28-17-7-5-8-18(29-2)20(17)21-23-22(30-24-21)16-6-3-4-9-19(16)31-15-12-10-14(11-13-15)25(26)27;1-28-17-7-5-8-18(29-2)20(17)21-24-22(30-25-21)16-6-3-4-9-19(16)31(26,27)15-12-10-14(23)11-13-15;2*1-14-10-12-15(13-11-14)26-19-9-5-3-7-17(19)21-23-20(24-25-21)16-6-2-4-8-18(16)22;2-1-3/h3-13H,1-2H3;3-13H,1-2H3;3-13H,23H2,1-2H3;2*2-13H,1H3;. The van der Waals surface area contributed by atoms with Crippen molar-refractivity contribution in [2.45, 2.75) is 62.8 Å². The third-order valence-corrected chi connectivity index (χ3v) is 28.7. The number of halogens is 2. The molecule has 5 aromatic heterocycles. The van der Waals surface area contributed by atoms with Gasteiger partial charge in [-0.25, -0.2) is 25.6 Å². The number of ether oxygens (including phenoxy) is 6. The van der Waals surface area contributed by atoms with Gasteiger partial charge in [-0.1, -0.05) is 200 Å². The molecule has 0 aliphatic rings. The van der Waals surface area contributed by atoms with Crippen LogP contribution in [0.4, 0.5) is 25.8 Å². The minimum atomic E-state index is -4.04. The highest BCUT2D eigenvalue weighted by Gasteiger charge is 2.31. The van der Waals surface area contributed by atoms with E-state index in [1.165, 1.54) is 130 Å². The first kappa shape index (κ1) is 106. The highest BCUT2D eigenvalue weighted by molar-refractivity contribution is 8.00. The van der Waals surface area contributed by atoms with Crippen molar-refractivity contribution in [2.75, 3.05) is 48.4 Å². The van der Waals surface area contributed by atoms with Crippen molar-refractivity contribution >= 4 is 78.2 Å². The summed E-state index contributed by atoms with van der Waals surface area (Å²) in [5.41, 5.74) is 13.5. The summed E-state index contributed by atoms with van der Waals surface area (Å²) in [6, 6.07) is 98.0. The molecule has 2 N–H and O–H groups in total. The lowest BCUT2D eigenvalue weighted by Crippen LogP contribution is -2.04. The lowest BCUT2D eigenvalue weighted by Gasteiger charge is -2.09. The van der Waals surface area contributed by atoms with E-state index in [0.717, 1.165) is 58.2 Å². The number of nitrogen functional groups attached to an aromatic ring is 1. The second-order valence-electron chi connectivity index (χ2n) is 31.3. The van der Waals surface area contributed by atoms with E-state index in [1.54, 1.807) is 165 Å². The monoisotopic (exact) mass is 2110 g/mol. The topological polar surface area (TPSA) is 465 Å². The van der Waals surface area contributed by atoms with Crippen LogP contribution in [-0.2, 0) is 29.3 Å². The van der Waals surface area contributed by atoms with Crippen LogP contribution >= 0.6 is 35.3 Å². The molecule has 0 atom stereocenters. The molecule has 5 heterocycles. The Kier molecular flexibility index (Phi) is 34.9. The highest BCUT2D eigenvalue weighted by Crippen LogP contribution is 2.46. The Labute approximate surface area is 867 Å². The number of rotatable bonds is 28. The predicted molar refractivity (Wildman–Crippen MR) is 553 cm³/mol. The zero-order valence-corrected chi connectivity index (χ0v) is 84.3. The first-order valence-electron chi connectivity index (χ1n) is 44.6. The molecule has 0 aliphatic carbocycles. The summed E-state index contributed by atoms with van der Waals surface area (Å²) in [6.45, 7) is 4.12. The molecule has 150 heavy (non-hydrogen) atoms. The molecule has 0 saturated heterocycles. The molecule has 754 valence electrons. The SMILES string of the molecule is COc1cccc(OC)c1-c1noc(-c2ccccc2S(=O)(=O)c2ccc(N)cc2)n1.COc1cccc(OC)c1-c1noc(-c2ccccc2S(=O)(=O)c2ccc([N+](=O)[O-])cc2)n1.COc1cccc(OC)c1-c1noc(-c2ccccc2Sc2ccc([N+](=O)[O-])cc2)n1.Cc1ccc(Sc2ccccc2-c2nc(-c3ccccc3F)no2)cc1.Cc1ccc(Sc2ccccc2-c2nc(-c3ccccc3F)no2)cc1.O=C=O. The number of hydrogen-bond donors (Lipinski definition) is 1. The van der Waals surface area contributed by atoms with Crippen LogP contribution in [0.15, 0.2) is 417 Å². The van der Waals surface area contributed by atoms with E-state index in [9.17, 15) is 45.8 Å². The summed E-state index contributed by atoms with van der Waals surface area (Å²) in [7, 11) is 1.27. The molecule has 20 aromatic rings. The number of nitrogens with two attached hydrogens (primary N) is 1. The van der Waals surface area contributed by atoms with E-state index < -0.39 is 29.5 Å². The van der Waals surface area contributed by atoms with Crippen LogP contribution in [-0.4, -0.2) is 126 Å². The van der Waals surface area contributed by atoms with Gasteiger partial charge in [-0.3, -0.25) is 20.2 Å². The molecule has 0 amide bonds. The fraction of sp³-hybridized carbons (Fsp3) is 0.0734. The van der Waals surface area contributed by atoms with Gasteiger partial charge in [0, 0.05) is 59.3 Å². The lowest BCUT2D eigenvalue weighted by molar-refractivity contribution is -0.385. The summed E-state index contributed by atoms with van der Waals surface area (Å²) in [5, 5.41) is 41.8. The smallest absolute Gasteiger partial charge is 0.373 e. The molecule has 15 aromatic carbocycles. The van der Waals surface area contributed by atoms with Crippen molar-refractivity contribution in [1.29, 1.82) is 0 Å². The van der Waals surface area contributed by atoms with Crippen molar-refractivity contribution in [3.05, 3.63) is 389 Å².